The Labute approximate surface area is 137 Å². The highest BCUT2D eigenvalue weighted by molar-refractivity contribution is 6.21. The molecular weight excluding hydrogens is 292 g/mol. The molecule has 1 aromatic rings. The zero-order chi connectivity index (χ0) is 17.0. The Bertz CT molecular complexity index is 575. The first-order chi connectivity index (χ1) is 10.9. The van der Waals surface area contributed by atoms with Crippen LogP contribution in [0.4, 0.5) is 0 Å². The molecule has 5 nitrogen and oxygen atoms in total. The number of nitrogens with one attached hydrogen (secondary N) is 1. The van der Waals surface area contributed by atoms with Crippen molar-refractivity contribution in [3.05, 3.63) is 35.4 Å². The van der Waals surface area contributed by atoms with E-state index in [0.717, 1.165) is 17.7 Å². The van der Waals surface area contributed by atoms with Gasteiger partial charge in [0.1, 0.15) is 0 Å². The van der Waals surface area contributed by atoms with Gasteiger partial charge in [-0.15, -0.1) is 0 Å². The minimum atomic E-state index is -0.314. The molecule has 0 bridgehead atoms. The summed E-state index contributed by atoms with van der Waals surface area (Å²) in [5.74, 6) is -0.150. The van der Waals surface area contributed by atoms with Gasteiger partial charge in [0.15, 0.2) is 0 Å². The average Bonchev–Trinajstić information content (AvgIpc) is 2.75. The molecule has 0 spiro atoms. The van der Waals surface area contributed by atoms with Crippen molar-refractivity contribution in [1.82, 2.24) is 10.2 Å². The Morgan fingerprint density at radius 1 is 1.04 bits per heavy atom. The predicted octanol–water partition coefficient (Wildman–Crippen LogP) is 2.61. The van der Waals surface area contributed by atoms with Crippen LogP contribution in [0, 0.1) is 5.92 Å². The number of amides is 3. The molecule has 1 unspecified atom stereocenters. The highest BCUT2D eigenvalue weighted by Crippen LogP contribution is 2.22. The van der Waals surface area contributed by atoms with Crippen LogP contribution in [-0.2, 0) is 4.79 Å². The van der Waals surface area contributed by atoms with Crippen molar-refractivity contribution in [1.29, 1.82) is 0 Å². The Balaban J connectivity index is 1.84. The lowest BCUT2D eigenvalue weighted by molar-refractivity contribution is -0.121. The number of hydrogen-bond donors (Lipinski definition) is 1. The summed E-state index contributed by atoms with van der Waals surface area (Å²) in [4.78, 5) is 37.5. The molecule has 124 valence electrons. The molecule has 1 N–H and O–H groups in total. The van der Waals surface area contributed by atoms with E-state index in [1.54, 1.807) is 24.3 Å². The van der Waals surface area contributed by atoms with E-state index in [2.05, 4.69) is 19.2 Å². The van der Waals surface area contributed by atoms with Crippen molar-refractivity contribution in [2.24, 2.45) is 5.92 Å². The molecule has 1 aromatic carbocycles. The Morgan fingerprint density at radius 2 is 1.61 bits per heavy atom. The van der Waals surface area contributed by atoms with Crippen LogP contribution in [-0.4, -0.2) is 35.2 Å². The van der Waals surface area contributed by atoms with Gasteiger partial charge in [-0.3, -0.25) is 19.3 Å². The Morgan fingerprint density at radius 3 is 2.13 bits per heavy atom. The number of carbonyl (C=O) groups excluding carboxylic acids is 3. The first-order valence-electron chi connectivity index (χ1n) is 8.14. The maximum absolute atomic E-state index is 12.2. The second-order valence-corrected chi connectivity index (χ2v) is 6.50. The minimum Gasteiger partial charge on any atom is -0.354 e. The first kappa shape index (κ1) is 17.2. The van der Waals surface area contributed by atoms with Crippen molar-refractivity contribution in [3.8, 4) is 0 Å². The van der Waals surface area contributed by atoms with Crippen LogP contribution in [0.2, 0.25) is 0 Å². The Kier molecular flexibility index (Phi) is 5.53. The highest BCUT2D eigenvalue weighted by atomic mass is 16.2. The van der Waals surface area contributed by atoms with E-state index in [1.807, 2.05) is 6.92 Å². The van der Waals surface area contributed by atoms with Gasteiger partial charge in [0, 0.05) is 19.0 Å². The van der Waals surface area contributed by atoms with E-state index in [-0.39, 0.29) is 36.7 Å². The fourth-order valence-electron chi connectivity index (χ4n) is 2.66. The zero-order valence-electron chi connectivity index (χ0n) is 14.0. The minimum absolute atomic E-state index is 0.104. The number of hydrogen-bond acceptors (Lipinski definition) is 3. The van der Waals surface area contributed by atoms with E-state index in [4.69, 9.17) is 0 Å². The lowest BCUT2D eigenvalue weighted by atomic mass is 10.0. The number of nitrogens with zero attached hydrogens (tertiary/aromatic N) is 1. The summed E-state index contributed by atoms with van der Waals surface area (Å²) >= 11 is 0. The fraction of sp³-hybridized carbons (Fsp3) is 0.500. The molecule has 0 fully saturated rings. The SMILES string of the molecule is CC(C)CCC(C)NC(=O)CCN1C(=O)c2ccccc2C1=O. The standard InChI is InChI=1S/C18H24N2O3/c1-12(2)8-9-13(3)19-16(21)10-11-20-17(22)14-6-4-5-7-15(14)18(20)23/h4-7,12-13H,8-11H2,1-3H3,(H,19,21). The molecule has 0 aromatic heterocycles. The third-order valence-corrected chi connectivity index (χ3v) is 4.03. The summed E-state index contributed by atoms with van der Waals surface area (Å²) in [5.41, 5.74) is 0.839. The topological polar surface area (TPSA) is 66.5 Å². The highest BCUT2D eigenvalue weighted by Gasteiger charge is 2.34. The van der Waals surface area contributed by atoms with Crippen molar-refractivity contribution < 1.29 is 14.4 Å². The maximum Gasteiger partial charge on any atom is 0.261 e. The van der Waals surface area contributed by atoms with Crippen molar-refractivity contribution in [2.75, 3.05) is 6.54 Å². The van der Waals surface area contributed by atoms with Gasteiger partial charge in [0.25, 0.3) is 11.8 Å². The monoisotopic (exact) mass is 316 g/mol. The molecule has 0 aliphatic carbocycles. The summed E-state index contributed by atoms with van der Waals surface area (Å²) in [5, 5.41) is 2.92. The number of imide groups is 1. The molecule has 23 heavy (non-hydrogen) atoms. The summed E-state index contributed by atoms with van der Waals surface area (Å²) in [6.45, 7) is 6.39. The van der Waals surface area contributed by atoms with Crippen molar-refractivity contribution in [2.45, 2.75) is 46.1 Å². The number of benzene rings is 1. The van der Waals surface area contributed by atoms with E-state index >= 15 is 0 Å². The van der Waals surface area contributed by atoms with Crippen LogP contribution in [0.25, 0.3) is 0 Å². The summed E-state index contributed by atoms with van der Waals surface area (Å²) < 4.78 is 0. The molecule has 2 rings (SSSR count). The smallest absolute Gasteiger partial charge is 0.261 e. The van der Waals surface area contributed by atoms with Gasteiger partial charge in [-0.05, 0) is 37.8 Å². The van der Waals surface area contributed by atoms with Crippen LogP contribution >= 0.6 is 0 Å². The van der Waals surface area contributed by atoms with E-state index in [9.17, 15) is 14.4 Å². The maximum atomic E-state index is 12.2. The third kappa shape index (κ3) is 4.18. The van der Waals surface area contributed by atoms with Gasteiger partial charge < -0.3 is 5.32 Å². The molecular formula is C18H24N2O3. The fourth-order valence-corrected chi connectivity index (χ4v) is 2.66. The third-order valence-electron chi connectivity index (χ3n) is 4.03. The molecule has 0 radical (unpaired) electrons. The van der Waals surface area contributed by atoms with Crippen LogP contribution in [0.5, 0.6) is 0 Å². The van der Waals surface area contributed by atoms with Crippen LogP contribution in [0.1, 0.15) is 60.7 Å². The van der Waals surface area contributed by atoms with Gasteiger partial charge in [0.2, 0.25) is 5.91 Å². The molecule has 1 aliphatic rings. The normalized spacial score (nSPS) is 15.0. The van der Waals surface area contributed by atoms with Gasteiger partial charge in [-0.1, -0.05) is 26.0 Å². The number of rotatable bonds is 7. The molecule has 1 heterocycles. The molecule has 1 atom stereocenters. The van der Waals surface area contributed by atoms with Crippen molar-refractivity contribution in [3.63, 3.8) is 0 Å². The van der Waals surface area contributed by atoms with Crippen LogP contribution in [0.3, 0.4) is 0 Å². The zero-order valence-corrected chi connectivity index (χ0v) is 14.0. The van der Waals surface area contributed by atoms with Crippen LogP contribution in [0.15, 0.2) is 24.3 Å². The predicted molar refractivity (Wildman–Crippen MR) is 88.1 cm³/mol. The largest absolute Gasteiger partial charge is 0.354 e. The molecule has 3 amide bonds. The number of carbonyl (C=O) groups is 3. The summed E-state index contributed by atoms with van der Waals surface area (Å²) in [7, 11) is 0. The van der Waals surface area contributed by atoms with E-state index in [1.165, 1.54) is 0 Å². The van der Waals surface area contributed by atoms with Crippen LogP contribution < -0.4 is 5.32 Å². The van der Waals surface area contributed by atoms with Gasteiger partial charge in [-0.2, -0.15) is 0 Å². The molecule has 0 saturated carbocycles. The molecule has 5 heteroatoms. The van der Waals surface area contributed by atoms with Gasteiger partial charge in [0.05, 0.1) is 11.1 Å². The van der Waals surface area contributed by atoms with Crippen molar-refractivity contribution >= 4 is 17.7 Å². The van der Waals surface area contributed by atoms with E-state index in [0.29, 0.717) is 17.0 Å². The second kappa shape index (κ2) is 7.40. The molecule has 1 aliphatic heterocycles. The lowest BCUT2D eigenvalue weighted by Crippen LogP contribution is -2.37. The molecule has 0 saturated heterocycles. The second-order valence-electron chi connectivity index (χ2n) is 6.50. The summed E-state index contributed by atoms with van der Waals surface area (Å²) in [6.07, 6.45) is 2.12. The first-order valence-corrected chi connectivity index (χ1v) is 8.14. The Hall–Kier alpha value is -2.17. The number of fused-ring (bicyclic) bond motifs is 1. The van der Waals surface area contributed by atoms with Gasteiger partial charge >= 0.3 is 0 Å². The van der Waals surface area contributed by atoms with E-state index < -0.39 is 0 Å². The summed E-state index contributed by atoms with van der Waals surface area (Å²) in [6, 6.07) is 6.85. The lowest BCUT2D eigenvalue weighted by Gasteiger charge is -2.17. The van der Waals surface area contributed by atoms with Gasteiger partial charge in [-0.25, -0.2) is 0 Å². The quantitative estimate of drug-likeness (QED) is 0.786. The average molecular weight is 316 g/mol.